The normalized spacial score (nSPS) is 18.5. The van der Waals surface area contributed by atoms with E-state index in [1.165, 1.54) is 0 Å². The number of nitrogens with one attached hydrogen (secondary N) is 2. The van der Waals surface area contributed by atoms with Gasteiger partial charge in [-0.15, -0.1) is 0 Å². The number of hydrogen-bond donors (Lipinski definition) is 2. The zero-order valence-electron chi connectivity index (χ0n) is 18.3. The Labute approximate surface area is 196 Å². The van der Waals surface area contributed by atoms with Crippen LogP contribution in [0, 0.1) is 0 Å². The number of hydrogen-bond acceptors (Lipinski definition) is 8. The monoisotopic (exact) mass is 491 g/mol. The molecule has 11 heteroatoms. The Hall–Kier alpha value is -2.08. The molecule has 1 radical (unpaired) electrons. The minimum atomic E-state index is -3.36. The minimum Gasteiger partial charge on any atom is -0.526 e. The Morgan fingerprint density at radius 1 is 0.606 bits per heavy atom. The van der Waals surface area contributed by atoms with E-state index in [1.807, 2.05) is 0 Å². The second-order valence-corrected chi connectivity index (χ2v) is 12.7. The standard InChI is InChI=1S/C22H28BN2O6S2/c26-32(27,21-9-13-24-14-10-21)19-5-1-17(2-6-19)30-23-31-18-3-7-20(8-4-18)33(28,29)22-11-15-25-16-12-22/h1-8,21-22,24-25H,9-16H2. The third kappa shape index (κ3) is 5.71. The summed E-state index contributed by atoms with van der Waals surface area (Å²) in [4.78, 5) is 0.571. The van der Waals surface area contributed by atoms with Crippen LogP contribution in [0.2, 0.25) is 0 Å². The van der Waals surface area contributed by atoms with Gasteiger partial charge in [-0.25, -0.2) is 16.8 Å². The van der Waals surface area contributed by atoms with Crippen LogP contribution in [0.25, 0.3) is 0 Å². The highest BCUT2D eigenvalue weighted by molar-refractivity contribution is 7.92. The molecule has 2 heterocycles. The molecule has 2 aromatic carbocycles. The number of rotatable bonds is 8. The maximum Gasteiger partial charge on any atom is 0.658 e. The fourth-order valence-electron chi connectivity index (χ4n) is 4.15. The molecule has 2 saturated heterocycles. The van der Waals surface area contributed by atoms with Crippen molar-refractivity contribution in [2.75, 3.05) is 26.2 Å². The molecule has 0 aliphatic carbocycles. The molecule has 2 N–H and O–H groups in total. The maximum absolute atomic E-state index is 12.7. The van der Waals surface area contributed by atoms with Crippen LogP contribution in [0.1, 0.15) is 25.7 Å². The SMILES string of the molecule is O=S(=O)(c1ccc(O[B]Oc2ccc(S(=O)(=O)C3CCNCC3)cc2)cc1)C1CCNCC1. The first-order valence-corrected chi connectivity index (χ1v) is 14.2. The Balaban J connectivity index is 1.30. The van der Waals surface area contributed by atoms with E-state index in [0.29, 0.717) is 63.4 Å². The molecule has 0 unspecified atom stereocenters. The maximum atomic E-state index is 12.7. The minimum absolute atomic E-state index is 0.285. The van der Waals surface area contributed by atoms with E-state index < -0.39 is 19.7 Å². The molecule has 0 atom stereocenters. The Bertz CT molecular complexity index is 1030. The molecule has 0 aromatic heterocycles. The van der Waals surface area contributed by atoms with Crippen molar-refractivity contribution in [1.29, 1.82) is 0 Å². The lowest BCUT2D eigenvalue weighted by atomic mass is 10.2. The van der Waals surface area contributed by atoms with Crippen LogP contribution in [0.3, 0.4) is 0 Å². The topological polar surface area (TPSA) is 111 Å². The molecule has 0 saturated carbocycles. The molecule has 2 aliphatic heterocycles. The van der Waals surface area contributed by atoms with Gasteiger partial charge in [0.05, 0.1) is 20.3 Å². The van der Waals surface area contributed by atoms with Gasteiger partial charge < -0.3 is 19.9 Å². The van der Waals surface area contributed by atoms with E-state index in [1.54, 1.807) is 48.5 Å². The molecule has 4 rings (SSSR count). The van der Waals surface area contributed by atoms with Crippen molar-refractivity contribution in [2.45, 2.75) is 46.0 Å². The van der Waals surface area contributed by atoms with Crippen LogP contribution in [0.5, 0.6) is 11.5 Å². The van der Waals surface area contributed by atoms with Gasteiger partial charge in [0, 0.05) is 0 Å². The zero-order chi connectivity index (χ0) is 23.3. The molecule has 8 nitrogen and oxygen atoms in total. The number of piperidine rings is 2. The van der Waals surface area contributed by atoms with Crippen molar-refractivity contribution < 1.29 is 26.1 Å². The van der Waals surface area contributed by atoms with E-state index in [4.69, 9.17) is 9.31 Å². The highest BCUT2D eigenvalue weighted by atomic mass is 32.2. The van der Waals surface area contributed by atoms with Gasteiger partial charge in [-0.3, -0.25) is 0 Å². The average Bonchev–Trinajstić information content (AvgIpc) is 2.86. The van der Waals surface area contributed by atoms with Crippen molar-refractivity contribution >= 4 is 27.4 Å². The number of benzene rings is 2. The largest absolute Gasteiger partial charge is 0.658 e. The third-order valence-corrected chi connectivity index (χ3v) is 10.7. The smallest absolute Gasteiger partial charge is 0.526 e. The zero-order valence-corrected chi connectivity index (χ0v) is 19.9. The molecular formula is C22H28BN2O6S2. The fourth-order valence-corrected chi connectivity index (χ4v) is 7.66. The summed E-state index contributed by atoms with van der Waals surface area (Å²) in [6.07, 6.45) is 2.45. The first kappa shape index (κ1) is 24.1. The lowest BCUT2D eigenvalue weighted by Crippen LogP contribution is -2.35. The summed E-state index contributed by atoms with van der Waals surface area (Å²) in [6.45, 7) is 2.84. The third-order valence-electron chi connectivity index (χ3n) is 6.12. The van der Waals surface area contributed by atoms with Crippen LogP contribution >= 0.6 is 0 Å². The predicted molar refractivity (Wildman–Crippen MR) is 126 cm³/mol. The van der Waals surface area contributed by atoms with Crippen LogP contribution in [-0.2, 0) is 19.7 Å². The summed E-state index contributed by atoms with van der Waals surface area (Å²) in [5.74, 6) is 0.869. The average molecular weight is 491 g/mol. The van der Waals surface area contributed by atoms with Crippen molar-refractivity contribution in [2.24, 2.45) is 0 Å². The van der Waals surface area contributed by atoms with Crippen molar-refractivity contribution in [3.63, 3.8) is 0 Å². The Morgan fingerprint density at radius 3 is 1.27 bits per heavy atom. The molecule has 177 valence electrons. The van der Waals surface area contributed by atoms with Gasteiger partial charge in [0.25, 0.3) is 0 Å². The van der Waals surface area contributed by atoms with Gasteiger partial charge in [0.15, 0.2) is 19.7 Å². The quantitative estimate of drug-likeness (QED) is 0.538. The van der Waals surface area contributed by atoms with Crippen LogP contribution in [-0.4, -0.2) is 61.2 Å². The summed E-state index contributed by atoms with van der Waals surface area (Å²) >= 11 is 0. The van der Waals surface area contributed by atoms with Crippen LogP contribution < -0.4 is 19.9 Å². The summed E-state index contributed by atoms with van der Waals surface area (Å²) in [5.41, 5.74) is 0. The van der Waals surface area contributed by atoms with Gasteiger partial charge in [-0.1, -0.05) is 0 Å². The fraction of sp³-hybridized carbons (Fsp3) is 0.455. The van der Waals surface area contributed by atoms with Gasteiger partial charge in [0.2, 0.25) is 0 Å². The summed E-state index contributed by atoms with van der Waals surface area (Å²) in [6, 6.07) is 12.5. The predicted octanol–water partition coefficient (Wildman–Crippen LogP) is 1.73. The van der Waals surface area contributed by atoms with Crippen molar-refractivity contribution in [3.05, 3.63) is 48.5 Å². The second kappa shape index (κ2) is 10.5. The van der Waals surface area contributed by atoms with Crippen molar-refractivity contribution in [3.8, 4) is 11.5 Å². The summed E-state index contributed by atoms with van der Waals surface area (Å²) in [7, 11) is -5.58. The molecule has 33 heavy (non-hydrogen) atoms. The summed E-state index contributed by atoms with van der Waals surface area (Å²) in [5, 5.41) is 5.63. The van der Waals surface area contributed by atoms with Gasteiger partial charge in [0.1, 0.15) is 11.5 Å². The van der Waals surface area contributed by atoms with E-state index in [0.717, 1.165) is 7.69 Å². The summed E-state index contributed by atoms with van der Waals surface area (Å²) < 4.78 is 61.9. The molecule has 2 aliphatic rings. The second-order valence-electron chi connectivity index (χ2n) is 8.26. The molecule has 0 spiro atoms. The first-order chi connectivity index (χ1) is 15.9. The first-order valence-electron chi connectivity index (χ1n) is 11.1. The molecular weight excluding hydrogens is 463 g/mol. The van der Waals surface area contributed by atoms with E-state index in [9.17, 15) is 16.8 Å². The van der Waals surface area contributed by atoms with E-state index >= 15 is 0 Å². The molecule has 0 amide bonds. The van der Waals surface area contributed by atoms with E-state index in [2.05, 4.69) is 10.6 Å². The van der Waals surface area contributed by atoms with Crippen LogP contribution in [0.4, 0.5) is 0 Å². The number of sulfone groups is 2. The molecule has 0 bridgehead atoms. The van der Waals surface area contributed by atoms with Gasteiger partial charge >= 0.3 is 7.69 Å². The molecule has 2 aromatic rings. The lowest BCUT2D eigenvalue weighted by Gasteiger charge is -2.22. The van der Waals surface area contributed by atoms with Gasteiger partial charge in [-0.2, -0.15) is 0 Å². The Kier molecular flexibility index (Phi) is 7.63. The van der Waals surface area contributed by atoms with Crippen LogP contribution in [0.15, 0.2) is 58.3 Å². The highest BCUT2D eigenvalue weighted by Gasteiger charge is 2.29. The highest BCUT2D eigenvalue weighted by Crippen LogP contribution is 2.26. The van der Waals surface area contributed by atoms with Crippen molar-refractivity contribution in [1.82, 2.24) is 10.6 Å². The lowest BCUT2D eigenvalue weighted by molar-refractivity contribution is 0.458. The van der Waals surface area contributed by atoms with E-state index in [-0.39, 0.29) is 20.3 Å². The Morgan fingerprint density at radius 2 is 0.939 bits per heavy atom. The molecule has 2 fully saturated rings. The van der Waals surface area contributed by atoms with Gasteiger partial charge in [-0.05, 0) is 100 Å².